The lowest BCUT2D eigenvalue weighted by atomic mass is 10.2. The summed E-state index contributed by atoms with van der Waals surface area (Å²) in [6, 6.07) is 7.97. The zero-order chi connectivity index (χ0) is 12.7. The third kappa shape index (κ3) is 1.61. The molecule has 0 saturated heterocycles. The standard InChI is InChI=1S/C14H14N2O2/c1-9-4-2-5-10(8-9)16-12-7-3-6-11(12)13(15-16)14(17)18/h2,4-5,8H,3,6-7H2,1H3,(H,17,18). The molecule has 1 aliphatic rings. The monoisotopic (exact) mass is 242 g/mol. The molecule has 1 aromatic carbocycles. The Balaban J connectivity index is 2.19. The number of aryl methyl sites for hydroxylation is 1. The first-order valence-corrected chi connectivity index (χ1v) is 6.08. The second-order valence-corrected chi connectivity index (χ2v) is 4.68. The van der Waals surface area contributed by atoms with Crippen molar-refractivity contribution in [2.45, 2.75) is 26.2 Å². The molecule has 1 aromatic heterocycles. The molecule has 0 saturated carbocycles. The minimum absolute atomic E-state index is 0.212. The lowest BCUT2D eigenvalue weighted by molar-refractivity contribution is 0.0689. The SMILES string of the molecule is Cc1cccc(-n2nc(C(=O)O)c3c2CCC3)c1. The first-order valence-electron chi connectivity index (χ1n) is 6.08. The average molecular weight is 242 g/mol. The minimum atomic E-state index is -0.931. The quantitative estimate of drug-likeness (QED) is 0.879. The van der Waals surface area contributed by atoms with Gasteiger partial charge in [-0.2, -0.15) is 5.10 Å². The summed E-state index contributed by atoms with van der Waals surface area (Å²) in [6.45, 7) is 2.02. The van der Waals surface area contributed by atoms with Gasteiger partial charge in [-0.25, -0.2) is 9.48 Å². The van der Waals surface area contributed by atoms with Crippen LogP contribution in [-0.4, -0.2) is 20.9 Å². The molecule has 0 unspecified atom stereocenters. The second-order valence-electron chi connectivity index (χ2n) is 4.68. The van der Waals surface area contributed by atoms with Crippen molar-refractivity contribution in [1.82, 2.24) is 9.78 Å². The number of carbonyl (C=O) groups is 1. The highest BCUT2D eigenvalue weighted by molar-refractivity contribution is 5.87. The van der Waals surface area contributed by atoms with Gasteiger partial charge in [-0.05, 0) is 43.9 Å². The number of aromatic carboxylic acids is 1. The first-order chi connectivity index (χ1) is 8.66. The highest BCUT2D eigenvalue weighted by atomic mass is 16.4. The summed E-state index contributed by atoms with van der Waals surface area (Å²) in [6.07, 6.45) is 2.74. The molecule has 3 rings (SSSR count). The molecule has 1 heterocycles. The maximum absolute atomic E-state index is 11.2. The normalized spacial score (nSPS) is 13.6. The van der Waals surface area contributed by atoms with E-state index in [1.165, 1.54) is 0 Å². The van der Waals surface area contributed by atoms with Crippen LogP contribution in [0, 0.1) is 6.92 Å². The molecule has 2 aromatic rings. The summed E-state index contributed by atoms with van der Waals surface area (Å²) in [4.78, 5) is 11.2. The lowest BCUT2D eigenvalue weighted by Gasteiger charge is -2.06. The van der Waals surface area contributed by atoms with Crippen LogP contribution < -0.4 is 0 Å². The Labute approximate surface area is 105 Å². The highest BCUT2D eigenvalue weighted by Crippen LogP contribution is 2.27. The van der Waals surface area contributed by atoms with Crippen LogP contribution in [-0.2, 0) is 12.8 Å². The zero-order valence-corrected chi connectivity index (χ0v) is 10.2. The number of hydrogen-bond acceptors (Lipinski definition) is 2. The van der Waals surface area contributed by atoms with Gasteiger partial charge in [-0.15, -0.1) is 0 Å². The Hall–Kier alpha value is -2.10. The summed E-state index contributed by atoms with van der Waals surface area (Å²) in [7, 11) is 0. The van der Waals surface area contributed by atoms with Gasteiger partial charge in [0.15, 0.2) is 5.69 Å². The number of benzene rings is 1. The Morgan fingerprint density at radius 2 is 2.22 bits per heavy atom. The van der Waals surface area contributed by atoms with E-state index in [-0.39, 0.29) is 5.69 Å². The Morgan fingerprint density at radius 1 is 1.39 bits per heavy atom. The van der Waals surface area contributed by atoms with Crippen molar-refractivity contribution in [2.24, 2.45) is 0 Å². The Bertz CT molecular complexity index is 629. The van der Waals surface area contributed by atoms with Gasteiger partial charge in [0.1, 0.15) is 0 Å². The van der Waals surface area contributed by atoms with Crippen LogP contribution in [0.1, 0.15) is 33.7 Å². The van der Waals surface area contributed by atoms with E-state index in [0.29, 0.717) is 0 Å². The molecule has 0 bridgehead atoms. The summed E-state index contributed by atoms with van der Waals surface area (Å²) >= 11 is 0. The van der Waals surface area contributed by atoms with Crippen LogP contribution >= 0.6 is 0 Å². The van der Waals surface area contributed by atoms with Crippen LogP contribution in [0.4, 0.5) is 0 Å². The summed E-state index contributed by atoms with van der Waals surface area (Å²) < 4.78 is 1.79. The summed E-state index contributed by atoms with van der Waals surface area (Å²) in [5.41, 5.74) is 4.26. The van der Waals surface area contributed by atoms with Crippen LogP contribution in [0.15, 0.2) is 24.3 Å². The molecule has 92 valence electrons. The largest absolute Gasteiger partial charge is 0.476 e. The van der Waals surface area contributed by atoms with Gasteiger partial charge < -0.3 is 5.11 Å². The third-order valence-electron chi connectivity index (χ3n) is 3.38. The molecular weight excluding hydrogens is 228 g/mol. The average Bonchev–Trinajstić information content (AvgIpc) is 2.88. The predicted octanol–water partition coefficient (Wildman–Crippen LogP) is 2.37. The number of carboxylic acid groups (broad SMARTS) is 1. The fourth-order valence-electron chi connectivity index (χ4n) is 2.58. The van der Waals surface area contributed by atoms with Gasteiger partial charge in [0, 0.05) is 11.3 Å². The van der Waals surface area contributed by atoms with Crippen molar-refractivity contribution >= 4 is 5.97 Å². The minimum Gasteiger partial charge on any atom is -0.476 e. The fourth-order valence-corrected chi connectivity index (χ4v) is 2.58. The highest BCUT2D eigenvalue weighted by Gasteiger charge is 2.26. The van der Waals surface area contributed by atoms with Gasteiger partial charge in [0.2, 0.25) is 0 Å². The van der Waals surface area contributed by atoms with Gasteiger partial charge in [-0.1, -0.05) is 12.1 Å². The van der Waals surface area contributed by atoms with Gasteiger partial charge >= 0.3 is 5.97 Å². The molecule has 0 spiro atoms. The van der Waals surface area contributed by atoms with Crippen molar-refractivity contribution in [2.75, 3.05) is 0 Å². The molecular formula is C14H14N2O2. The van der Waals surface area contributed by atoms with E-state index >= 15 is 0 Å². The van der Waals surface area contributed by atoms with E-state index in [4.69, 9.17) is 0 Å². The smallest absolute Gasteiger partial charge is 0.356 e. The third-order valence-corrected chi connectivity index (χ3v) is 3.38. The van der Waals surface area contributed by atoms with Crippen LogP contribution in [0.25, 0.3) is 5.69 Å². The second kappa shape index (κ2) is 3.98. The number of carboxylic acids is 1. The maximum Gasteiger partial charge on any atom is 0.356 e. The van der Waals surface area contributed by atoms with Crippen LogP contribution in [0.3, 0.4) is 0 Å². The van der Waals surface area contributed by atoms with Crippen LogP contribution in [0.2, 0.25) is 0 Å². The Kier molecular flexibility index (Phi) is 2.44. The van der Waals surface area contributed by atoms with E-state index < -0.39 is 5.97 Å². The molecule has 4 nitrogen and oxygen atoms in total. The topological polar surface area (TPSA) is 55.1 Å². The van der Waals surface area contributed by atoms with Crippen molar-refractivity contribution in [1.29, 1.82) is 0 Å². The van der Waals surface area contributed by atoms with E-state index in [9.17, 15) is 9.90 Å². The predicted molar refractivity (Wildman–Crippen MR) is 67.3 cm³/mol. The molecule has 0 atom stereocenters. The van der Waals surface area contributed by atoms with E-state index in [0.717, 1.165) is 41.8 Å². The molecule has 0 fully saturated rings. The van der Waals surface area contributed by atoms with E-state index in [2.05, 4.69) is 5.10 Å². The van der Waals surface area contributed by atoms with Crippen molar-refractivity contribution in [3.05, 3.63) is 46.8 Å². The molecule has 0 radical (unpaired) electrons. The maximum atomic E-state index is 11.2. The molecule has 0 aliphatic heterocycles. The molecule has 1 aliphatic carbocycles. The molecule has 1 N–H and O–H groups in total. The first kappa shape index (κ1) is 11.0. The van der Waals surface area contributed by atoms with Crippen molar-refractivity contribution in [3.63, 3.8) is 0 Å². The molecule has 4 heteroatoms. The van der Waals surface area contributed by atoms with Gasteiger partial charge in [0.05, 0.1) is 5.69 Å². The summed E-state index contributed by atoms with van der Waals surface area (Å²) in [5.74, 6) is -0.931. The van der Waals surface area contributed by atoms with Gasteiger partial charge in [0.25, 0.3) is 0 Å². The van der Waals surface area contributed by atoms with Crippen molar-refractivity contribution < 1.29 is 9.90 Å². The van der Waals surface area contributed by atoms with E-state index in [1.54, 1.807) is 4.68 Å². The number of rotatable bonds is 2. The Morgan fingerprint density at radius 3 is 2.94 bits per heavy atom. The number of aromatic nitrogens is 2. The molecule has 0 amide bonds. The zero-order valence-electron chi connectivity index (χ0n) is 10.2. The number of nitrogens with zero attached hydrogens (tertiary/aromatic N) is 2. The van der Waals surface area contributed by atoms with E-state index in [1.807, 2.05) is 31.2 Å². The van der Waals surface area contributed by atoms with Crippen molar-refractivity contribution in [3.8, 4) is 5.69 Å². The number of hydrogen-bond donors (Lipinski definition) is 1. The fraction of sp³-hybridized carbons (Fsp3) is 0.286. The summed E-state index contributed by atoms with van der Waals surface area (Å²) in [5, 5.41) is 13.4. The van der Waals surface area contributed by atoms with Crippen LogP contribution in [0.5, 0.6) is 0 Å². The lowest BCUT2D eigenvalue weighted by Crippen LogP contribution is -2.04. The number of fused-ring (bicyclic) bond motifs is 1. The van der Waals surface area contributed by atoms with Gasteiger partial charge in [-0.3, -0.25) is 0 Å². The molecule has 18 heavy (non-hydrogen) atoms.